The maximum Gasteiger partial charge on any atom is 0.303 e. The van der Waals surface area contributed by atoms with Crippen LogP contribution in [0.1, 0.15) is 94.4 Å². The summed E-state index contributed by atoms with van der Waals surface area (Å²) in [7, 11) is -7.90. The van der Waals surface area contributed by atoms with E-state index in [2.05, 4.69) is 38.6 Å². The van der Waals surface area contributed by atoms with E-state index in [-0.39, 0.29) is 22.1 Å². The predicted octanol–water partition coefficient (Wildman–Crippen LogP) is 9.51. The summed E-state index contributed by atoms with van der Waals surface area (Å²) in [6.07, 6.45) is 11.3. The number of carbonyl (C=O) groups excluding carboxylic acids is 1. The molecule has 4 aromatic carbocycles. The van der Waals surface area contributed by atoms with Crippen LogP contribution in [0.25, 0.3) is 27.1 Å². The number of carboxylic acid groups (broad SMARTS) is 1. The van der Waals surface area contributed by atoms with Gasteiger partial charge in [-0.15, -0.1) is 4.33 Å². The quantitative estimate of drug-likeness (QED) is 0.0115. The molecule has 19 heteroatoms. The smallest absolute Gasteiger partial charge is 0.303 e. The normalized spacial score (nSPS) is 16.3. The molecule has 1 amide bonds. The van der Waals surface area contributed by atoms with Crippen LogP contribution in [0.2, 0.25) is 0 Å². The van der Waals surface area contributed by atoms with E-state index in [4.69, 9.17) is 14.4 Å². The van der Waals surface area contributed by atoms with Crippen LogP contribution in [0.15, 0.2) is 118 Å². The van der Waals surface area contributed by atoms with Gasteiger partial charge in [0.05, 0.1) is 40.7 Å². The molecule has 1 aromatic heterocycles. The average Bonchev–Trinajstić information content (AvgIpc) is 3.67. The van der Waals surface area contributed by atoms with Crippen molar-refractivity contribution in [3.05, 3.63) is 125 Å². The topological polar surface area (TPSA) is 222 Å². The molecule has 5 aromatic rings. The van der Waals surface area contributed by atoms with Crippen LogP contribution in [0, 0.1) is 0 Å². The molecule has 364 valence electrons. The van der Waals surface area contributed by atoms with Gasteiger partial charge in [0.2, 0.25) is 5.69 Å². The molecule has 0 fully saturated rings. The fraction of sp³-hybridized carbons (Fsp3) is 0.320. The van der Waals surface area contributed by atoms with E-state index in [0.29, 0.717) is 82.2 Å². The molecule has 0 saturated carbocycles. The summed E-state index contributed by atoms with van der Waals surface area (Å²) in [5.41, 5.74) is 5.43. The molecule has 3 heterocycles. The van der Waals surface area contributed by atoms with Gasteiger partial charge in [0.15, 0.2) is 5.71 Å². The van der Waals surface area contributed by atoms with Gasteiger partial charge >= 0.3 is 5.97 Å². The Kier molecular flexibility index (Phi) is 15.0. The molecule has 0 atom stereocenters. The third kappa shape index (κ3) is 10.3. The summed E-state index contributed by atoms with van der Waals surface area (Å²) in [5, 5.41) is 18.8. The fourth-order valence-electron chi connectivity index (χ4n) is 9.58. The number of allylic oxidation sites excluding steroid dienone is 6. The predicted molar refractivity (Wildman–Crippen MR) is 265 cm³/mol. The summed E-state index contributed by atoms with van der Waals surface area (Å²) in [4.78, 5) is 35.4. The highest BCUT2D eigenvalue weighted by Crippen LogP contribution is 2.52. The number of hydrogen-bond donors (Lipinski definition) is 4. The Morgan fingerprint density at radius 2 is 1.62 bits per heavy atom. The standard InChI is InChI=1S/C50H54N4O12S3/c1-8-53-39-24-21-35-36(14-13-15-42(35)69(61,62)63)46(39)49(3,4)43(53)25-18-31(38-22-17-32(30-52-38)48(57)51-27-12-10-11-16-45(55)56)19-26-44-50(5,6)47-37-28-33(68(58,59)60)29-41(67-66-65-64-7)34(37)20-23-40(47)54(44)9-2/h13-15,17-26,28-30H,8-12,16,27H2,1-7H3,(H3-,51,55,56,57,58,59,60,61,62,63)/p+1. The molecule has 2 aliphatic rings. The zero-order valence-corrected chi connectivity index (χ0v) is 41.7. The van der Waals surface area contributed by atoms with Crippen LogP contribution >= 0.6 is 12.0 Å². The van der Waals surface area contributed by atoms with Gasteiger partial charge in [-0.1, -0.05) is 49.6 Å². The monoisotopic (exact) mass is 999 g/mol. The summed E-state index contributed by atoms with van der Waals surface area (Å²) in [6, 6.07) is 18.5. The molecule has 0 aliphatic carbocycles. The lowest BCUT2D eigenvalue weighted by Gasteiger charge is -2.26. The Morgan fingerprint density at radius 3 is 2.28 bits per heavy atom. The van der Waals surface area contributed by atoms with Gasteiger partial charge in [-0.2, -0.15) is 21.4 Å². The first-order chi connectivity index (χ1) is 32.6. The van der Waals surface area contributed by atoms with Crippen molar-refractivity contribution in [3.63, 3.8) is 0 Å². The molecule has 4 N–H and O–H groups in total. The Bertz CT molecular complexity index is 3220. The Morgan fingerprint density at radius 1 is 0.870 bits per heavy atom. The van der Waals surface area contributed by atoms with Crippen LogP contribution < -0.4 is 10.2 Å². The molecule has 0 unspecified atom stereocenters. The molecular weight excluding hydrogens is 945 g/mol. The first kappa shape index (κ1) is 51.1. The molecule has 0 radical (unpaired) electrons. The second-order valence-electron chi connectivity index (χ2n) is 17.6. The van der Waals surface area contributed by atoms with Crippen LogP contribution in [-0.2, 0) is 50.1 Å². The zero-order chi connectivity index (χ0) is 50.1. The van der Waals surface area contributed by atoms with Crippen LogP contribution in [0.5, 0.6) is 0 Å². The molecule has 0 bridgehead atoms. The number of hydrogen-bond acceptors (Lipinski definition) is 12. The van der Waals surface area contributed by atoms with Crippen molar-refractivity contribution in [2.24, 2.45) is 0 Å². The molecule has 0 spiro atoms. The third-order valence-electron chi connectivity index (χ3n) is 12.7. The van der Waals surface area contributed by atoms with Gasteiger partial charge in [0, 0.05) is 76.1 Å². The van der Waals surface area contributed by atoms with Gasteiger partial charge < -0.3 is 15.3 Å². The van der Waals surface area contributed by atoms with Gasteiger partial charge in [-0.25, -0.2) is 4.89 Å². The Balaban J connectivity index is 1.33. The van der Waals surface area contributed by atoms with Gasteiger partial charge in [0.25, 0.3) is 26.1 Å². The fourth-order valence-corrected chi connectivity index (χ4v) is 11.5. The summed E-state index contributed by atoms with van der Waals surface area (Å²) >= 11 is 0.737. The van der Waals surface area contributed by atoms with Crippen LogP contribution in [0.4, 0.5) is 11.4 Å². The highest BCUT2D eigenvalue weighted by atomic mass is 32.2. The number of carboxylic acids is 1. The molecule has 2 aliphatic heterocycles. The minimum atomic E-state index is -4.65. The number of likely N-dealkylation sites (N-methyl/N-ethyl adjacent to an activating group) is 1. The lowest BCUT2D eigenvalue weighted by molar-refractivity contribution is -0.447. The average molecular weight is 1000 g/mol. The Hall–Kier alpha value is -5.77. The van der Waals surface area contributed by atoms with E-state index >= 15 is 0 Å². The minimum absolute atomic E-state index is 0.0762. The number of carbonyl (C=O) groups is 2. The van der Waals surface area contributed by atoms with E-state index < -0.39 is 37.0 Å². The van der Waals surface area contributed by atoms with Crippen molar-refractivity contribution in [3.8, 4) is 0 Å². The number of aromatic nitrogens is 1. The summed E-state index contributed by atoms with van der Waals surface area (Å²) in [6.45, 7) is 13.8. The first-order valence-electron chi connectivity index (χ1n) is 22.3. The van der Waals surface area contributed by atoms with E-state index in [1.54, 1.807) is 24.3 Å². The highest BCUT2D eigenvalue weighted by Gasteiger charge is 2.46. The van der Waals surface area contributed by atoms with E-state index in [9.17, 15) is 35.5 Å². The molecule has 69 heavy (non-hydrogen) atoms. The van der Waals surface area contributed by atoms with E-state index in [0.717, 1.165) is 46.0 Å². The number of aliphatic carboxylic acids is 1. The van der Waals surface area contributed by atoms with Gasteiger partial charge in [-0.05, 0) is 117 Å². The minimum Gasteiger partial charge on any atom is -0.481 e. The van der Waals surface area contributed by atoms with Crippen molar-refractivity contribution >= 4 is 88.4 Å². The summed E-state index contributed by atoms with van der Waals surface area (Å²) in [5.74, 6) is -1.17. The highest BCUT2D eigenvalue weighted by molar-refractivity contribution is 7.94. The molecule has 7 rings (SSSR count). The number of unbranched alkanes of at least 4 members (excludes halogenated alkanes) is 2. The van der Waals surface area contributed by atoms with E-state index in [1.807, 2.05) is 76.3 Å². The number of nitrogens with zero attached hydrogens (tertiary/aromatic N) is 3. The second-order valence-corrected chi connectivity index (χ2v) is 21.2. The maximum atomic E-state index is 13.2. The molecular formula is C50H55N4O12S3+. The lowest BCUT2D eigenvalue weighted by atomic mass is 9.79. The van der Waals surface area contributed by atoms with Crippen molar-refractivity contribution in [2.45, 2.75) is 92.7 Å². The van der Waals surface area contributed by atoms with E-state index in [1.165, 1.54) is 31.5 Å². The van der Waals surface area contributed by atoms with Crippen LogP contribution in [0.3, 0.4) is 0 Å². The van der Waals surface area contributed by atoms with Crippen molar-refractivity contribution in [1.29, 1.82) is 0 Å². The van der Waals surface area contributed by atoms with Gasteiger partial charge in [0.1, 0.15) is 11.4 Å². The number of anilines is 1. The zero-order valence-electron chi connectivity index (χ0n) is 39.3. The largest absolute Gasteiger partial charge is 0.481 e. The maximum absolute atomic E-state index is 13.2. The first-order valence-corrected chi connectivity index (χ1v) is 25.9. The van der Waals surface area contributed by atoms with Gasteiger partial charge in [-0.3, -0.25) is 23.7 Å². The van der Waals surface area contributed by atoms with Crippen LogP contribution in [-0.4, -0.2) is 84.9 Å². The van der Waals surface area contributed by atoms with Crippen molar-refractivity contribution in [2.75, 3.05) is 31.6 Å². The second kappa shape index (κ2) is 20.3. The van der Waals surface area contributed by atoms with Crippen molar-refractivity contribution < 1.29 is 59.5 Å². The number of amides is 1. The number of pyridine rings is 1. The lowest BCUT2D eigenvalue weighted by Crippen LogP contribution is -2.27. The number of fused-ring (bicyclic) bond motifs is 6. The third-order valence-corrected chi connectivity index (χ3v) is 15.1. The summed E-state index contributed by atoms with van der Waals surface area (Å²) < 4.78 is 77.7. The molecule has 0 saturated heterocycles. The Labute approximate surface area is 405 Å². The SMILES string of the molecule is CCN1/C(=C/C=C(/C=C/C2=[N+](CC)c3ccc4c(SOOOC)cc(S(=O)(=O)O)cc4c3C2(C)C)c2ccc(C(=O)NCCCCCC(=O)O)cn2)C(C)(C)c2c1ccc1c(S(=O)(=O)O)cccc21. The number of rotatable bonds is 19. The molecule has 16 nitrogen and oxygen atoms in total. The number of nitrogens with one attached hydrogen (secondary N) is 1. The number of benzene rings is 4. The van der Waals surface area contributed by atoms with Crippen molar-refractivity contribution in [1.82, 2.24) is 10.3 Å².